The fraction of sp³-hybridized carbons (Fsp3) is 0.462. The van der Waals surface area contributed by atoms with E-state index in [1.54, 1.807) is 19.1 Å². The number of nitrogens with two attached hydrogens (primary N) is 1. The monoisotopic (exact) mass is 275 g/mol. The van der Waals surface area contributed by atoms with Crippen molar-refractivity contribution in [3.05, 3.63) is 29.6 Å². The van der Waals surface area contributed by atoms with Gasteiger partial charge in [0.1, 0.15) is 5.82 Å². The SMILES string of the molecule is CCOC(=O)CCCCc1ccc(F)c(N)c1.Cl. The lowest BCUT2D eigenvalue weighted by atomic mass is 10.1. The highest BCUT2D eigenvalue weighted by atomic mass is 35.5. The highest BCUT2D eigenvalue weighted by Gasteiger charge is 2.03. The molecule has 0 aliphatic heterocycles. The minimum atomic E-state index is -0.389. The zero-order valence-electron chi connectivity index (χ0n) is 10.4. The molecule has 0 radical (unpaired) electrons. The molecule has 0 heterocycles. The van der Waals surface area contributed by atoms with Crippen molar-refractivity contribution < 1.29 is 13.9 Å². The molecule has 1 aromatic carbocycles. The lowest BCUT2D eigenvalue weighted by Crippen LogP contribution is -2.03. The van der Waals surface area contributed by atoms with Gasteiger partial charge in [-0.15, -0.1) is 12.4 Å². The molecule has 0 atom stereocenters. The molecule has 2 N–H and O–H groups in total. The predicted molar refractivity (Wildman–Crippen MR) is 72.2 cm³/mol. The van der Waals surface area contributed by atoms with Crippen LogP contribution in [0, 0.1) is 5.82 Å². The molecule has 0 saturated heterocycles. The molecule has 0 aromatic heterocycles. The van der Waals surface area contributed by atoms with Gasteiger partial charge in [0.15, 0.2) is 0 Å². The maximum absolute atomic E-state index is 12.9. The van der Waals surface area contributed by atoms with Gasteiger partial charge in [0.25, 0.3) is 0 Å². The van der Waals surface area contributed by atoms with Crippen LogP contribution in [0.2, 0.25) is 0 Å². The second kappa shape index (κ2) is 8.75. The predicted octanol–water partition coefficient (Wildman–Crippen LogP) is 3.11. The summed E-state index contributed by atoms with van der Waals surface area (Å²) in [6, 6.07) is 4.73. The summed E-state index contributed by atoms with van der Waals surface area (Å²) in [4.78, 5) is 11.1. The number of nitrogen functional groups attached to an aromatic ring is 1. The molecule has 5 heteroatoms. The molecule has 0 spiro atoms. The Bertz CT molecular complexity index is 385. The number of hydrogen-bond acceptors (Lipinski definition) is 3. The van der Waals surface area contributed by atoms with Crippen LogP contribution < -0.4 is 5.73 Å². The first-order valence-corrected chi connectivity index (χ1v) is 5.83. The van der Waals surface area contributed by atoms with Gasteiger partial charge in [-0.05, 0) is 43.9 Å². The molecule has 18 heavy (non-hydrogen) atoms. The van der Waals surface area contributed by atoms with Gasteiger partial charge in [-0.1, -0.05) is 6.07 Å². The van der Waals surface area contributed by atoms with E-state index in [1.165, 1.54) is 6.07 Å². The van der Waals surface area contributed by atoms with Crippen molar-refractivity contribution in [2.24, 2.45) is 0 Å². The van der Waals surface area contributed by atoms with E-state index in [-0.39, 0.29) is 29.9 Å². The molecule has 1 rings (SSSR count). The average molecular weight is 276 g/mol. The summed E-state index contributed by atoms with van der Waals surface area (Å²) in [5, 5.41) is 0. The van der Waals surface area contributed by atoms with Crippen molar-refractivity contribution in [3.8, 4) is 0 Å². The van der Waals surface area contributed by atoms with E-state index in [4.69, 9.17) is 10.5 Å². The zero-order chi connectivity index (χ0) is 12.7. The van der Waals surface area contributed by atoms with Crippen molar-refractivity contribution in [2.75, 3.05) is 12.3 Å². The first-order chi connectivity index (χ1) is 8.13. The molecule has 1 aromatic rings. The van der Waals surface area contributed by atoms with Crippen LogP contribution in [0.3, 0.4) is 0 Å². The number of esters is 1. The number of hydrogen-bond donors (Lipinski definition) is 1. The topological polar surface area (TPSA) is 52.3 Å². The van der Waals surface area contributed by atoms with Crippen LogP contribution in [0.15, 0.2) is 18.2 Å². The number of ether oxygens (including phenoxy) is 1. The third kappa shape index (κ3) is 5.87. The Morgan fingerprint density at radius 2 is 2.11 bits per heavy atom. The molecular weight excluding hydrogens is 257 g/mol. The first-order valence-electron chi connectivity index (χ1n) is 5.83. The van der Waals surface area contributed by atoms with Crippen molar-refractivity contribution >= 4 is 24.1 Å². The van der Waals surface area contributed by atoms with E-state index < -0.39 is 0 Å². The van der Waals surface area contributed by atoms with Crippen molar-refractivity contribution in [3.63, 3.8) is 0 Å². The van der Waals surface area contributed by atoms with E-state index in [0.717, 1.165) is 24.8 Å². The number of carbonyl (C=O) groups is 1. The molecule has 102 valence electrons. The molecule has 0 aliphatic carbocycles. The second-order valence-corrected chi connectivity index (χ2v) is 3.87. The third-order valence-electron chi connectivity index (χ3n) is 2.46. The lowest BCUT2D eigenvalue weighted by Gasteiger charge is -2.04. The Hall–Kier alpha value is -1.29. The average Bonchev–Trinajstić information content (AvgIpc) is 2.29. The third-order valence-corrected chi connectivity index (χ3v) is 2.46. The van der Waals surface area contributed by atoms with Gasteiger partial charge in [-0.25, -0.2) is 4.39 Å². The highest BCUT2D eigenvalue weighted by molar-refractivity contribution is 5.85. The van der Waals surface area contributed by atoms with Gasteiger partial charge in [0.05, 0.1) is 12.3 Å². The molecule has 0 amide bonds. The minimum absolute atomic E-state index is 0. The summed E-state index contributed by atoms with van der Waals surface area (Å²) in [5.74, 6) is -0.550. The summed E-state index contributed by atoms with van der Waals surface area (Å²) in [6.45, 7) is 2.21. The fourth-order valence-electron chi connectivity index (χ4n) is 1.58. The van der Waals surface area contributed by atoms with Gasteiger partial charge in [0.2, 0.25) is 0 Å². The number of unbranched alkanes of at least 4 members (excludes halogenated alkanes) is 1. The van der Waals surface area contributed by atoms with Crippen LogP contribution >= 0.6 is 12.4 Å². The summed E-state index contributed by atoms with van der Waals surface area (Å²) in [6.07, 6.45) is 2.87. The summed E-state index contributed by atoms with van der Waals surface area (Å²) in [5.41, 5.74) is 6.63. The van der Waals surface area contributed by atoms with Gasteiger partial charge in [0, 0.05) is 6.42 Å². The lowest BCUT2D eigenvalue weighted by molar-refractivity contribution is -0.143. The summed E-state index contributed by atoms with van der Waals surface area (Å²) >= 11 is 0. The van der Waals surface area contributed by atoms with Crippen LogP contribution in [0.25, 0.3) is 0 Å². The van der Waals surface area contributed by atoms with Crippen LogP contribution in [-0.4, -0.2) is 12.6 Å². The van der Waals surface area contributed by atoms with Crippen LogP contribution in [-0.2, 0) is 16.0 Å². The van der Waals surface area contributed by atoms with E-state index >= 15 is 0 Å². The molecule has 0 saturated carbocycles. The molecule has 0 aliphatic rings. The van der Waals surface area contributed by atoms with Crippen molar-refractivity contribution in [1.82, 2.24) is 0 Å². The largest absolute Gasteiger partial charge is 0.466 e. The molecule has 0 fully saturated rings. The Labute approximate surface area is 113 Å². The second-order valence-electron chi connectivity index (χ2n) is 3.87. The fourth-order valence-corrected chi connectivity index (χ4v) is 1.58. The Morgan fingerprint density at radius 1 is 1.39 bits per heavy atom. The number of rotatable bonds is 6. The minimum Gasteiger partial charge on any atom is -0.466 e. The normalized spacial score (nSPS) is 9.67. The van der Waals surface area contributed by atoms with E-state index in [0.29, 0.717) is 13.0 Å². The van der Waals surface area contributed by atoms with E-state index in [9.17, 15) is 9.18 Å². The number of halogens is 2. The highest BCUT2D eigenvalue weighted by Crippen LogP contribution is 2.14. The van der Waals surface area contributed by atoms with Crippen molar-refractivity contribution in [2.45, 2.75) is 32.6 Å². The number of carbonyl (C=O) groups excluding carboxylic acids is 1. The van der Waals surface area contributed by atoms with Gasteiger partial charge < -0.3 is 10.5 Å². The molecule has 0 bridgehead atoms. The van der Waals surface area contributed by atoms with Gasteiger partial charge >= 0.3 is 5.97 Å². The van der Waals surface area contributed by atoms with Crippen molar-refractivity contribution in [1.29, 1.82) is 0 Å². The number of aryl methyl sites for hydroxylation is 1. The molecule has 0 unspecified atom stereocenters. The van der Waals surface area contributed by atoms with Gasteiger partial charge in [-0.3, -0.25) is 4.79 Å². The number of anilines is 1. The van der Waals surface area contributed by atoms with E-state index in [2.05, 4.69) is 0 Å². The quantitative estimate of drug-likeness (QED) is 0.493. The van der Waals surface area contributed by atoms with Crippen LogP contribution in [0.4, 0.5) is 10.1 Å². The first kappa shape index (κ1) is 16.7. The van der Waals surface area contributed by atoms with E-state index in [1.807, 2.05) is 0 Å². The Balaban J connectivity index is 0.00000289. The Morgan fingerprint density at radius 3 is 2.72 bits per heavy atom. The summed E-state index contributed by atoms with van der Waals surface area (Å²) in [7, 11) is 0. The molecule has 3 nitrogen and oxygen atoms in total. The maximum Gasteiger partial charge on any atom is 0.305 e. The Kier molecular flexibility index (Phi) is 8.12. The van der Waals surface area contributed by atoms with Crippen LogP contribution in [0.1, 0.15) is 31.7 Å². The maximum atomic E-state index is 12.9. The molecular formula is C13H19ClFNO2. The van der Waals surface area contributed by atoms with Crippen LogP contribution in [0.5, 0.6) is 0 Å². The summed E-state index contributed by atoms with van der Waals surface area (Å²) < 4.78 is 17.7. The smallest absolute Gasteiger partial charge is 0.305 e. The standard InChI is InChI=1S/C13H18FNO2.ClH/c1-2-17-13(16)6-4-3-5-10-7-8-11(14)12(15)9-10;/h7-9H,2-6,15H2,1H3;1H. The number of benzene rings is 1. The van der Waals surface area contributed by atoms with Gasteiger partial charge in [-0.2, -0.15) is 0 Å². The zero-order valence-corrected chi connectivity index (χ0v) is 11.3.